The Bertz CT molecular complexity index is 620. The summed E-state index contributed by atoms with van der Waals surface area (Å²) in [5, 5.41) is 4.04. The van der Waals surface area contributed by atoms with E-state index >= 15 is 0 Å². The van der Waals surface area contributed by atoms with Gasteiger partial charge in [-0.3, -0.25) is 4.79 Å². The van der Waals surface area contributed by atoms with E-state index < -0.39 is 0 Å². The maximum Gasteiger partial charge on any atom is 0.267 e. The van der Waals surface area contributed by atoms with Gasteiger partial charge < -0.3 is 10.5 Å². The molecule has 100 valence electrons. The molecule has 19 heavy (non-hydrogen) atoms. The fraction of sp³-hybridized carbons (Fsp3) is 0.286. The molecule has 0 radical (unpaired) electrons. The summed E-state index contributed by atoms with van der Waals surface area (Å²) in [6.45, 7) is 2.28. The summed E-state index contributed by atoms with van der Waals surface area (Å²) in [6, 6.07) is 8.77. The number of methoxy groups -OCH3 is 1. The Morgan fingerprint density at radius 1 is 1.42 bits per heavy atom. The summed E-state index contributed by atoms with van der Waals surface area (Å²) in [7, 11) is 1.60. The molecule has 0 fully saturated rings. The van der Waals surface area contributed by atoms with Gasteiger partial charge in [0.25, 0.3) is 5.56 Å². The van der Waals surface area contributed by atoms with Crippen molar-refractivity contribution in [2.75, 3.05) is 7.11 Å². The van der Waals surface area contributed by atoms with E-state index in [4.69, 9.17) is 10.5 Å². The molecule has 0 amide bonds. The van der Waals surface area contributed by atoms with E-state index in [-0.39, 0.29) is 11.6 Å². The molecule has 2 aromatic rings. The minimum atomic E-state index is -0.143. The lowest BCUT2D eigenvalue weighted by Crippen LogP contribution is -2.22. The van der Waals surface area contributed by atoms with Crippen molar-refractivity contribution in [3.05, 3.63) is 58.0 Å². The lowest BCUT2D eigenvalue weighted by atomic mass is 10.0. The molecule has 0 aliphatic heterocycles. The third-order valence-electron chi connectivity index (χ3n) is 2.94. The van der Waals surface area contributed by atoms with Crippen molar-refractivity contribution < 1.29 is 4.74 Å². The monoisotopic (exact) mass is 259 g/mol. The van der Waals surface area contributed by atoms with E-state index in [2.05, 4.69) is 5.10 Å². The SMILES string of the molecule is COc1ccc(C(C)N)cc1Cn1ncccc1=O. The Hall–Kier alpha value is -2.14. The maximum atomic E-state index is 11.7. The van der Waals surface area contributed by atoms with Gasteiger partial charge in [-0.25, -0.2) is 4.68 Å². The second kappa shape index (κ2) is 5.67. The zero-order valence-corrected chi connectivity index (χ0v) is 11.0. The molecule has 0 saturated carbocycles. The zero-order chi connectivity index (χ0) is 13.8. The Labute approximate surface area is 111 Å². The van der Waals surface area contributed by atoms with Gasteiger partial charge in [0.2, 0.25) is 0 Å². The minimum Gasteiger partial charge on any atom is -0.496 e. The number of hydrogen-bond acceptors (Lipinski definition) is 4. The Balaban J connectivity index is 2.40. The first-order valence-corrected chi connectivity index (χ1v) is 6.06. The third-order valence-corrected chi connectivity index (χ3v) is 2.94. The van der Waals surface area contributed by atoms with Gasteiger partial charge >= 0.3 is 0 Å². The van der Waals surface area contributed by atoms with Gasteiger partial charge in [0.05, 0.1) is 13.7 Å². The van der Waals surface area contributed by atoms with Crippen LogP contribution in [0.2, 0.25) is 0 Å². The van der Waals surface area contributed by atoms with Gasteiger partial charge in [0.1, 0.15) is 5.75 Å². The summed E-state index contributed by atoms with van der Waals surface area (Å²) in [4.78, 5) is 11.7. The molecule has 0 aliphatic rings. The molecule has 0 bridgehead atoms. The smallest absolute Gasteiger partial charge is 0.267 e. The van der Waals surface area contributed by atoms with Crippen LogP contribution in [0.1, 0.15) is 24.1 Å². The highest BCUT2D eigenvalue weighted by molar-refractivity contribution is 5.38. The number of nitrogens with zero attached hydrogens (tertiary/aromatic N) is 2. The van der Waals surface area contributed by atoms with E-state index in [0.29, 0.717) is 6.54 Å². The molecule has 0 spiro atoms. The Kier molecular flexibility index (Phi) is 3.97. The van der Waals surface area contributed by atoms with Gasteiger partial charge in [-0.1, -0.05) is 6.07 Å². The van der Waals surface area contributed by atoms with E-state index in [9.17, 15) is 4.79 Å². The maximum absolute atomic E-state index is 11.7. The highest BCUT2D eigenvalue weighted by atomic mass is 16.5. The van der Waals surface area contributed by atoms with Crippen LogP contribution in [0, 0.1) is 0 Å². The molecule has 1 unspecified atom stereocenters. The quantitative estimate of drug-likeness (QED) is 0.899. The van der Waals surface area contributed by atoms with Crippen molar-refractivity contribution in [1.82, 2.24) is 9.78 Å². The summed E-state index contributed by atoms with van der Waals surface area (Å²) in [6.07, 6.45) is 1.59. The number of nitrogens with two attached hydrogens (primary N) is 1. The Morgan fingerprint density at radius 2 is 2.21 bits per heavy atom. The summed E-state index contributed by atoms with van der Waals surface area (Å²) in [5.74, 6) is 0.724. The molecule has 5 nitrogen and oxygen atoms in total. The molecular weight excluding hydrogens is 242 g/mol. The van der Waals surface area contributed by atoms with Crippen molar-refractivity contribution >= 4 is 0 Å². The highest BCUT2D eigenvalue weighted by Crippen LogP contribution is 2.22. The van der Waals surface area contributed by atoms with Crippen LogP contribution in [-0.2, 0) is 6.54 Å². The normalized spacial score (nSPS) is 12.2. The molecule has 2 N–H and O–H groups in total. The van der Waals surface area contributed by atoms with Crippen LogP contribution in [-0.4, -0.2) is 16.9 Å². The molecule has 2 rings (SSSR count). The van der Waals surface area contributed by atoms with E-state index in [1.807, 2.05) is 25.1 Å². The minimum absolute atomic E-state index is 0.0647. The van der Waals surface area contributed by atoms with Gasteiger partial charge in [0.15, 0.2) is 0 Å². The number of ether oxygens (including phenoxy) is 1. The van der Waals surface area contributed by atoms with Gasteiger partial charge in [0, 0.05) is 23.9 Å². The number of hydrogen-bond donors (Lipinski definition) is 1. The average Bonchev–Trinajstić information content (AvgIpc) is 2.41. The van der Waals surface area contributed by atoms with Crippen molar-refractivity contribution in [2.45, 2.75) is 19.5 Å². The molecule has 1 atom stereocenters. The zero-order valence-electron chi connectivity index (χ0n) is 11.0. The van der Waals surface area contributed by atoms with Crippen LogP contribution < -0.4 is 16.0 Å². The molecular formula is C14H17N3O2. The Morgan fingerprint density at radius 3 is 2.84 bits per heavy atom. The average molecular weight is 259 g/mol. The van der Waals surface area contributed by atoms with E-state index in [0.717, 1.165) is 16.9 Å². The molecule has 1 heterocycles. The lowest BCUT2D eigenvalue weighted by molar-refractivity contribution is 0.406. The second-order valence-electron chi connectivity index (χ2n) is 4.38. The molecule has 0 aliphatic carbocycles. The van der Waals surface area contributed by atoms with Crippen molar-refractivity contribution in [2.24, 2.45) is 5.73 Å². The van der Waals surface area contributed by atoms with Crippen molar-refractivity contribution in [3.8, 4) is 5.75 Å². The summed E-state index contributed by atoms with van der Waals surface area (Å²) < 4.78 is 6.70. The first-order valence-electron chi connectivity index (χ1n) is 6.06. The standard InChI is InChI=1S/C14H17N3O2/c1-10(15)11-5-6-13(19-2)12(8-11)9-17-14(18)4-3-7-16-17/h3-8,10H,9,15H2,1-2H3. The molecule has 5 heteroatoms. The first kappa shape index (κ1) is 13.3. The fourth-order valence-corrected chi connectivity index (χ4v) is 1.87. The van der Waals surface area contributed by atoms with Crippen molar-refractivity contribution in [3.63, 3.8) is 0 Å². The number of rotatable bonds is 4. The molecule has 1 aromatic heterocycles. The van der Waals surface area contributed by atoms with Crippen molar-refractivity contribution in [1.29, 1.82) is 0 Å². The highest BCUT2D eigenvalue weighted by Gasteiger charge is 2.08. The fourth-order valence-electron chi connectivity index (χ4n) is 1.87. The first-order chi connectivity index (χ1) is 9.11. The van der Waals surface area contributed by atoms with Gasteiger partial charge in [-0.2, -0.15) is 5.10 Å². The largest absolute Gasteiger partial charge is 0.496 e. The van der Waals surface area contributed by atoms with Crippen LogP contribution in [0.4, 0.5) is 0 Å². The van der Waals surface area contributed by atoms with E-state index in [1.165, 1.54) is 10.7 Å². The molecule has 0 saturated heterocycles. The predicted molar refractivity (Wildman–Crippen MR) is 73.2 cm³/mol. The number of benzene rings is 1. The van der Waals surface area contributed by atoms with E-state index in [1.54, 1.807) is 19.4 Å². The predicted octanol–water partition coefficient (Wildman–Crippen LogP) is 1.32. The third kappa shape index (κ3) is 3.00. The van der Waals surface area contributed by atoms with Crippen LogP contribution in [0.5, 0.6) is 5.75 Å². The van der Waals surface area contributed by atoms with Crippen LogP contribution in [0.15, 0.2) is 41.3 Å². The summed E-state index contributed by atoms with van der Waals surface area (Å²) >= 11 is 0. The lowest BCUT2D eigenvalue weighted by Gasteiger charge is -2.13. The second-order valence-corrected chi connectivity index (χ2v) is 4.38. The summed E-state index contributed by atoms with van der Waals surface area (Å²) in [5.41, 5.74) is 7.62. The van der Waals surface area contributed by atoms with Crippen LogP contribution in [0.25, 0.3) is 0 Å². The van der Waals surface area contributed by atoms with Gasteiger partial charge in [-0.15, -0.1) is 0 Å². The van der Waals surface area contributed by atoms with Crippen LogP contribution in [0.3, 0.4) is 0 Å². The van der Waals surface area contributed by atoms with Gasteiger partial charge in [-0.05, 0) is 30.7 Å². The molecule has 1 aromatic carbocycles. The topological polar surface area (TPSA) is 70.1 Å². The van der Waals surface area contributed by atoms with Crippen LogP contribution >= 0.6 is 0 Å². The number of aromatic nitrogens is 2.